The Hall–Kier alpha value is -3.38. The van der Waals surface area contributed by atoms with Crippen LogP contribution in [0, 0.1) is 0 Å². The lowest BCUT2D eigenvalue weighted by Crippen LogP contribution is -2.45. The number of carbonyl (C=O) groups is 1. The molecule has 2 heterocycles. The maximum absolute atomic E-state index is 12.6. The second-order valence-corrected chi connectivity index (χ2v) is 8.17. The van der Waals surface area contributed by atoms with Crippen LogP contribution in [0.4, 0.5) is 5.82 Å². The van der Waals surface area contributed by atoms with Gasteiger partial charge in [0, 0.05) is 31.4 Å². The Morgan fingerprint density at radius 2 is 1.81 bits per heavy atom. The summed E-state index contributed by atoms with van der Waals surface area (Å²) in [4.78, 5) is 19.4. The molecule has 1 aromatic heterocycles. The van der Waals surface area contributed by atoms with Crippen molar-refractivity contribution in [2.75, 3.05) is 18.0 Å². The Morgan fingerprint density at radius 1 is 1.03 bits per heavy atom. The van der Waals surface area contributed by atoms with Gasteiger partial charge in [0.2, 0.25) is 0 Å². The van der Waals surface area contributed by atoms with Crippen molar-refractivity contribution in [3.05, 3.63) is 89.6 Å². The number of nitrogens with zero attached hydrogens (tertiary/aromatic N) is 2. The number of pyridine rings is 1. The molecule has 2 aromatic carbocycles. The third-order valence-corrected chi connectivity index (χ3v) is 5.35. The standard InChI is InChI=1S/C26H29N3O3/c1-19-16-29(17-20(2)32-19)25-12-11-22(14-27-25)15-28-26(30)23-9-6-10-24(13-23)31-18-21-7-4-3-5-8-21/h3-14,19-20H,15-18H2,1-2H3,(H,28,30). The monoisotopic (exact) mass is 431 g/mol. The molecule has 2 unspecified atom stereocenters. The number of morpholine rings is 1. The van der Waals surface area contributed by atoms with Crippen LogP contribution in [-0.2, 0) is 17.9 Å². The molecule has 166 valence electrons. The first kappa shape index (κ1) is 21.8. The fraction of sp³-hybridized carbons (Fsp3) is 0.308. The molecule has 6 nitrogen and oxygen atoms in total. The number of rotatable bonds is 7. The number of hydrogen-bond acceptors (Lipinski definition) is 5. The normalized spacial score (nSPS) is 18.2. The van der Waals surface area contributed by atoms with E-state index < -0.39 is 0 Å². The SMILES string of the molecule is CC1CN(c2ccc(CNC(=O)c3cccc(OCc4ccccc4)c3)cn2)CC(C)O1. The molecule has 0 saturated carbocycles. The van der Waals surface area contributed by atoms with Crippen LogP contribution in [0.3, 0.4) is 0 Å². The summed E-state index contributed by atoms with van der Waals surface area (Å²) < 4.78 is 11.6. The molecule has 0 aliphatic carbocycles. The highest BCUT2D eigenvalue weighted by molar-refractivity contribution is 5.94. The van der Waals surface area contributed by atoms with Gasteiger partial charge in [-0.25, -0.2) is 4.98 Å². The van der Waals surface area contributed by atoms with Gasteiger partial charge in [0.1, 0.15) is 18.2 Å². The van der Waals surface area contributed by atoms with Gasteiger partial charge < -0.3 is 19.7 Å². The number of anilines is 1. The molecular formula is C26H29N3O3. The van der Waals surface area contributed by atoms with E-state index in [1.54, 1.807) is 12.1 Å². The summed E-state index contributed by atoms with van der Waals surface area (Å²) in [6.07, 6.45) is 2.19. The quantitative estimate of drug-likeness (QED) is 0.607. The molecule has 1 aliphatic rings. The van der Waals surface area contributed by atoms with Gasteiger partial charge in [-0.2, -0.15) is 0 Å². The van der Waals surface area contributed by atoms with Gasteiger partial charge in [-0.15, -0.1) is 0 Å². The average Bonchev–Trinajstić information content (AvgIpc) is 2.82. The predicted molar refractivity (Wildman–Crippen MR) is 125 cm³/mol. The minimum Gasteiger partial charge on any atom is -0.489 e. The topological polar surface area (TPSA) is 63.7 Å². The van der Waals surface area contributed by atoms with Gasteiger partial charge in [-0.1, -0.05) is 42.5 Å². The highest BCUT2D eigenvalue weighted by Gasteiger charge is 2.23. The molecule has 2 atom stereocenters. The zero-order valence-corrected chi connectivity index (χ0v) is 18.5. The van der Waals surface area contributed by atoms with E-state index in [1.165, 1.54) is 0 Å². The van der Waals surface area contributed by atoms with E-state index in [4.69, 9.17) is 9.47 Å². The first-order valence-electron chi connectivity index (χ1n) is 11.0. The Balaban J connectivity index is 1.30. The van der Waals surface area contributed by atoms with Crippen LogP contribution in [0.2, 0.25) is 0 Å². The van der Waals surface area contributed by atoms with Gasteiger partial charge in [-0.05, 0) is 49.2 Å². The van der Waals surface area contributed by atoms with Gasteiger partial charge in [0.05, 0.1) is 12.2 Å². The van der Waals surface area contributed by atoms with E-state index in [0.29, 0.717) is 24.5 Å². The van der Waals surface area contributed by atoms with Crippen LogP contribution >= 0.6 is 0 Å². The van der Waals surface area contributed by atoms with Crippen molar-refractivity contribution in [3.8, 4) is 5.75 Å². The number of carbonyl (C=O) groups excluding carboxylic acids is 1. The number of amides is 1. The second kappa shape index (κ2) is 10.3. The van der Waals surface area contributed by atoms with E-state index in [0.717, 1.165) is 30.0 Å². The lowest BCUT2D eigenvalue weighted by molar-refractivity contribution is -0.00546. The molecule has 6 heteroatoms. The summed E-state index contributed by atoms with van der Waals surface area (Å²) in [5.74, 6) is 1.46. The van der Waals surface area contributed by atoms with E-state index in [1.807, 2.05) is 60.8 Å². The molecule has 32 heavy (non-hydrogen) atoms. The molecule has 4 rings (SSSR count). The van der Waals surface area contributed by atoms with Crippen LogP contribution in [0.1, 0.15) is 35.3 Å². The molecule has 0 bridgehead atoms. The highest BCUT2D eigenvalue weighted by atomic mass is 16.5. The molecule has 1 fully saturated rings. The summed E-state index contributed by atoms with van der Waals surface area (Å²) in [6, 6.07) is 21.2. The highest BCUT2D eigenvalue weighted by Crippen LogP contribution is 2.19. The lowest BCUT2D eigenvalue weighted by Gasteiger charge is -2.36. The summed E-state index contributed by atoms with van der Waals surface area (Å²) in [7, 11) is 0. The first-order valence-corrected chi connectivity index (χ1v) is 11.0. The van der Waals surface area contributed by atoms with E-state index >= 15 is 0 Å². The summed E-state index contributed by atoms with van der Waals surface area (Å²) in [5.41, 5.74) is 2.60. The fourth-order valence-electron chi connectivity index (χ4n) is 3.83. The third kappa shape index (κ3) is 5.86. The lowest BCUT2D eigenvalue weighted by atomic mass is 10.2. The van der Waals surface area contributed by atoms with E-state index in [9.17, 15) is 4.79 Å². The fourth-order valence-corrected chi connectivity index (χ4v) is 3.83. The smallest absolute Gasteiger partial charge is 0.251 e. The van der Waals surface area contributed by atoms with Crippen molar-refractivity contribution in [1.29, 1.82) is 0 Å². The minimum absolute atomic E-state index is 0.143. The summed E-state index contributed by atoms with van der Waals surface area (Å²) >= 11 is 0. The molecule has 0 radical (unpaired) electrons. The van der Waals surface area contributed by atoms with Crippen molar-refractivity contribution < 1.29 is 14.3 Å². The van der Waals surface area contributed by atoms with Crippen molar-refractivity contribution >= 4 is 11.7 Å². The van der Waals surface area contributed by atoms with Crippen LogP contribution in [0.15, 0.2) is 72.9 Å². The van der Waals surface area contributed by atoms with Crippen molar-refractivity contribution in [1.82, 2.24) is 10.3 Å². The van der Waals surface area contributed by atoms with Crippen molar-refractivity contribution in [3.63, 3.8) is 0 Å². The molecule has 3 aromatic rings. The molecule has 0 spiro atoms. The van der Waals surface area contributed by atoms with E-state index in [-0.39, 0.29) is 18.1 Å². The summed E-state index contributed by atoms with van der Waals surface area (Å²) in [5, 5.41) is 2.96. The largest absolute Gasteiger partial charge is 0.489 e. The number of benzene rings is 2. The van der Waals surface area contributed by atoms with Crippen LogP contribution in [0.5, 0.6) is 5.75 Å². The van der Waals surface area contributed by atoms with E-state index in [2.05, 4.69) is 29.0 Å². The first-order chi connectivity index (χ1) is 15.6. The van der Waals surface area contributed by atoms with Crippen LogP contribution < -0.4 is 15.0 Å². The molecule has 1 aliphatic heterocycles. The molecular weight excluding hydrogens is 402 g/mol. The second-order valence-electron chi connectivity index (χ2n) is 8.17. The van der Waals surface area contributed by atoms with Gasteiger partial charge >= 0.3 is 0 Å². The molecule has 1 amide bonds. The average molecular weight is 432 g/mol. The molecule has 1 saturated heterocycles. The Labute approximate surface area is 189 Å². The van der Waals surface area contributed by atoms with Gasteiger partial charge in [0.15, 0.2) is 0 Å². The number of aromatic nitrogens is 1. The Morgan fingerprint density at radius 3 is 2.53 bits per heavy atom. The Bertz CT molecular complexity index is 1010. The molecule has 1 N–H and O–H groups in total. The van der Waals surface area contributed by atoms with Gasteiger partial charge in [-0.3, -0.25) is 4.79 Å². The minimum atomic E-state index is -0.143. The number of ether oxygens (including phenoxy) is 2. The number of hydrogen-bond donors (Lipinski definition) is 1. The Kier molecular flexibility index (Phi) is 7.02. The van der Waals surface area contributed by atoms with Gasteiger partial charge in [0.25, 0.3) is 5.91 Å². The van der Waals surface area contributed by atoms with Crippen molar-refractivity contribution in [2.24, 2.45) is 0 Å². The predicted octanol–water partition coefficient (Wildman–Crippen LogP) is 4.20. The number of nitrogens with one attached hydrogen (secondary N) is 1. The van der Waals surface area contributed by atoms with Crippen LogP contribution in [-0.4, -0.2) is 36.2 Å². The van der Waals surface area contributed by atoms with Crippen molar-refractivity contribution in [2.45, 2.75) is 39.2 Å². The summed E-state index contributed by atoms with van der Waals surface area (Å²) in [6.45, 7) is 6.69. The zero-order valence-electron chi connectivity index (χ0n) is 18.5. The zero-order chi connectivity index (χ0) is 22.3. The maximum atomic E-state index is 12.6. The maximum Gasteiger partial charge on any atom is 0.251 e. The van der Waals surface area contributed by atoms with Crippen LogP contribution in [0.25, 0.3) is 0 Å². The third-order valence-electron chi connectivity index (χ3n) is 5.35.